The van der Waals surface area contributed by atoms with Gasteiger partial charge in [0.1, 0.15) is 35.4 Å². The molecule has 0 spiro atoms. The molecule has 6 aliphatic rings. The molecule has 2 aliphatic carbocycles. The van der Waals surface area contributed by atoms with Crippen LogP contribution >= 0.6 is 0 Å². The monoisotopic (exact) mass is 806 g/mol. The Labute approximate surface area is 342 Å². The van der Waals surface area contributed by atoms with Gasteiger partial charge in [-0.2, -0.15) is 5.10 Å². The average Bonchev–Trinajstić information content (AvgIpc) is 3.68. The van der Waals surface area contributed by atoms with Crippen molar-refractivity contribution in [2.24, 2.45) is 0 Å². The number of benzene rings is 2. The molecule has 59 heavy (non-hydrogen) atoms. The molecule has 1 unspecified atom stereocenters. The first-order chi connectivity index (χ1) is 28.6. The second-order valence-corrected chi connectivity index (χ2v) is 17.5. The second-order valence-electron chi connectivity index (χ2n) is 17.5. The molecule has 1 atom stereocenters. The maximum Gasteiger partial charge on any atom is 0.255 e. The van der Waals surface area contributed by atoms with Crippen molar-refractivity contribution in [2.45, 2.75) is 127 Å². The Morgan fingerprint density at radius 1 is 0.797 bits per heavy atom. The van der Waals surface area contributed by atoms with Crippen LogP contribution in [0.1, 0.15) is 99.9 Å². The minimum absolute atomic E-state index is 0.0546. The van der Waals surface area contributed by atoms with E-state index in [0.717, 1.165) is 111 Å². The number of carbonyl (C=O) groups excluding carboxylic acids is 3. The van der Waals surface area contributed by atoms with Crippen molar-refractivity contribution >= 4 is 40.1 Å². The molecule has 2 saturated carbocycles. The summed E-state index contributed by atoms with van der Waals surface area (Å²) in [5.74, 6) is 0.155. The van der Waals surface area contributed by atoms with Gasteiger partial charge >= 0.3 is 0 Å². The average molecular weight is 807 g/mol. The van der Waals surface area contributed by atoms with Crippen LogP contribution < -0.4 is 19.9 Å². The summed E-state index contributed by atoms with van der Waals surface area (Å²) in [6, 6.07) is 10.4. The standard InChI is InChI=1S/C44H51FN8O6/c1-44(14-15-44)59-31-6-7-35-33(21-31)41(50-49-35)36-23-39(47-25-46-36)52-18-12-30(13-19-52)58-28-4-2-27(3-5-28)57-29-10-16-51(17-11-29)38-20-26-24-53(43(56)32(26)22-34(38)45)37-8-9-40(54)48-42(37)55/h6-7,20-23,25,27-30,37H,2-5,8-19,24H2,1H3,(H,49,50)(H,48,54,55)/t27-,28-,37?. The zero-order valence-corrected chi connectivity index (χ0v) is 33.5. The molecule has 15 heteroatoms. The van der Waals surface area contributed by atoms with E-state index in [1.54, 1.807) is 12.4 Å². The van der Waals surface area contributed by atoms with E-state index < -0.39 is 17.8 Å². The highest BCUT2D eigenvalue weighted by Crippen LogP contribution is 2.41. The number of amides is 3. The summed E-state index contributed by atoms with van der Waals surface area (Å²) in [4.78, 5) is 52.2. The molecule has 2 N–H and O–H groups in total. The number of ether oxygens (including phenoxy) is 3. The third-order valence-electron chi connectivity index (χ3n) is 13.3. The first-order valence-corrected chi connectivity index (χ1v) is 21.4. The van der Waals surface area contributed by atoms with Crippen LogP contribution in [0.4, 0.5) is 15.9 Å². The number of imide groups is 1. The summed E-state index contributed by atoms with van der Waals surface area (Å²) in [6.45, 7) is 5.43. The highest BCUT2D eigenvalue weighted by molar-refractivity contribution is 6.05. The number of carbonyl (C=O) groups is 3. The number of anilines is 2. The summed E-state index contributed by atoms with van der Waals surface area (Å²) in [5.41, 5.74) is 3.98. The quantitative estimate of drug-likeness (QED) is 0.186. The number of halogens is 1. The molecule has 310 valence electrons. The molecule has 6 heterocycles. The van der Waals surface area contributed by atoms with Crippen molar-refractivity contribution in [2.75, 3.05) is 36.0 Å². The van der Waals surface area contributed by atoms with Gasteiger partial charge in [0, 0.05) is 56.2 Å². The molecule has 2 aromatic heterocycles. The molecule has 4 aromatic rings. The van der Waals surface area contributed by atoms with Gasteiger partial charge in [-0.3, -0.25) is 24.8 Å². The third kappa shape index (κ3) is 7.86. The molecule has 0 radical (unpaired) electrons. The number of nitrogens with one attached hydrogen (secondary N) is 2. The summed E-state index contributed by atoms with van der Waals surface area (Å²) < 4.78 is 34.9. The van der Waals surface area contributed by atoms with Gasteiger partial charge in [0.25, 0.3) is 5.91 Å². The minimum atomic E-state index is -0.723. The second kappa shape index (κ2) is 15.5. The summed E-state index contributed by atoms with van der Waals surface area (Å²) >= 11 is 0. The Hall–Kier alpha value is -5.15. The largest absolute Gasteiger partial charge is 0.488 e. The first-order valence-electron chi connectivity index (χ1n) is 21.4. The fourth-order valence-corrected chi connectivity index (χ4v) is 9.59. The molecule has 2 aromatic carbocycles. The number of nitrogens with zero attached hydrogens (tertiary/aromatic N) is 6. The van der Waals surface area contributed by atoms with Gasteiger partial charge in [0.2, 0.25) is 11.8 Å². The van der Waals surface area contributed by atoms with Crippen molar-refractivity contribution < 1.29 is 33.0 Å². The van der Waals surface area contributed by atoms with Crippen LogP contribution in [-0.4, -0.2) is 105 Å². The van der Waals surface area contributed by atoms with Gasteiger partial charge in [-0.05, 0) is 113 Å². The van der Waals surface area contributed by atoms with Crippen molar-refractivity contribution in [1.82, 2.24) is 30.4 Å². The molecule has 3 saturated heterocycles. The van der Waals surface area contributed by atoms with Crippen LogP contribution in [0.5, 0.6) is 5.75 Å². The van der Waals surface area contributed by atoms with Crippen molar-refractivity contribution in [3.63, 3.8) is 0 Å². The lowest BCUT2D eigenvalue weighted by Gasteiger charge is -2.38. The molecule has 14 nitrogen and oxygen atoms in total. The Kier molecular flexibility index (Phi) is 9.98. The Morgan fingerprint density at radius 2 is 1.47 bits per heavy atom. The van der Waals surface area contributed by atoms with E-state index in [2.05, 4.69) is 43.4 Å². The van der Waals surface area contributed by atoms with Crippen molar-refractivity contribution in [1.29, 1.82) is 0 Å². The molecule has 3 amide bonds. The van der Waals surface area contributed by atoms with Crippen molar-refractivity contribution in [3.05, 3.63) is 59.7 Å². The number of aromatic amines is 1. The highest BCUT2D eigenvalue weighted by atomic mass is 19.1. The van der Waals surface area contributed by atoms with Gasteiger partial charge in [0.05, 0.1) is 47.0 Å². The van der Waals surface area contributed by atoms with E-state index in [9.17, 15) is 14.4 Å². The molecule has 5 fully saturated rings. The smallest absolute Gasteiger partial charge is 0.255 e. The maximum atomic E-state index is 15.4. The van der Waals surface area contributed by atoms with Gasteiger partial charge < -0.3 is 28.9 Å². The molecular weight excluding hydrogens is 756 g/mol. The van der Waals surface area contributed by atoms with Gasteiger partial charge in [-0.1, -0.05) is 0 Å². The molecular formula is C44H51FN8O6. The SMILES string of the molecule is CC1(Oc2ccc3n[nH]c(-c4cc(N5CCC(O[C@H]6CC[C@H](OC7CCN(c8cc9c(cc8F)C(=O)N(C8CCC(=O)NC8=O)C9)CC7)CC6)CC5)ncn4)c3c2)CC1. The minimum Gasteiger partial charge on any atom is -0.488 e. The van der Waals surface area contributed by atoms with Crippen LogP contribution in [0, 0.1) is 5.82 Å². The number of rotatable bonds is 10. The third-order valence-corrected chi connectivity index (χ3v) is 13.3. The number of fused-ring (bicyclic) bond motifs is 2. The summed E-state index contributed by atoms with van der Waals surface area (Å²) in [5, 5.41) is 11.0. The topological polar surface area (TPSA) is 155 Å². The van der Waals surface area contributed by atoms with Crippen LogP contribution in [0.15, 0.2) is 42.7 Å². The Bertz CT molecular complexity index is 2260. The van der Waals surface area contributed by atoms with E-state index in [4.69, 9.17) is 14.2 Å². The Balaban J connectivity index is 0.667. The molecule has 0 bridgehead atoms. The number of hydrogen-bond donors (Lipinski definition) is 2. The zero-order chi connectivity index (χ0) is 40.3. The van der Waals surface area contributed by atoms with Crippen LogP contribution in [-0.2, 0) is 25.6 Å². The van der Waals surface area contributed by atoms with Crippen LogP contribution in [0.3, 0.4) is 0 Å². The fraction of sp³-hybridized carbons (Fsp3) is 0.545. The highest BCUT2D eigenvalue weighted by Gasteiger charge is 2.41. The predicted octanol–water partition coefficient (Wildman–Crippen LogP) is 5.83. The lowest BCUT2D eigenvalue weighted by molar-refractivity contribution is -0.136. The molecule has 4 aliphatic heterocycles. The number of aromatic nitrogens is 4. The van der Waals surface area contributed by atoms with Crippen LogP contribution in [0.25, 0.3) is 22.3 Å². The summed E-state index contributed by atoms with van der Waals surface area (Å²) in [7, 11) is 0. The molecule has 10 rings (SSSR count). The van der Waals surface area contributed by atoms with Gasteiger partial charge in [-0.25, -0.2) is 14.4 Å². The lowest BCUT2D eigenvalue weighted by atomic mass is 9.93. The predicted molar refractivity (Wildman–Crippen MR) is 217 cm³/mol. The zero-order valence-electron chi connectivity index (χ0n) is 33.5. The normalized spacial score (nSPS) is 25.1. The fourth-order valence-electron chi connectivity index (χ4n) is 9.59. The van der Waals surface area contributed by atoms with E-state index in [1.807, 2.05) is 23.1 Å². The van der Waals surface area contributed by atoms with Crippen molar-refractivity contribution in [3.8, 4) is 17.1 Å². The first kappa shape index (κ1) is 38.1. The number of H-pyrrole nitrogens is 1. The van der Waals surface area contributed by atoms with E-state index in [-0.39, 0.29) is 61.2 Å². The number of hydrogen-bond acceptors (Lipinski definition) is 11. The number of piperidine rings is 3. The van der Waals surface area contributed by atoms with Gasteiger partial charge in [-0.15, -0.1) is 0 Å². The van der Waals surface area contributed by atoms with E-state index in [0.29, 0.717) is 29.9 Å². The van der Waals surface area contributed by atoms with Gasteiger partial charge in [0.15, 0.2) is 0 Å². The Morgan fingerprint density at radius 3 is 2.15 bits per heavy atom. The summed E-state index contributed by atoms with van der Waals surface area (Å²) in [6.07, 6.45) is 12.4. The lowest BCUT2D eigenvalue weighted by Crippen LogP contribution is -2.52. The van der Waals surface area contributed by atoms with E-state index >= 15 is 4.39 Å². The maximum absolute atomic E-state index is 15.4. The van der Waals surface area contributed by atoms with Crippen LogP contribution in [0.2, 0.25) is 0 Å². The van der Waals surface area contributed by atoms with E-state index in [1.165, 1.54) is 11.0 Å².